The Balaban J connectivity index is 1.36. The molecular formula is C20H26N4O2. The molecule has 0 atom stereocenters. The molecule has 1 fully saturated rings. The van der Waals surface area contributed by atoms with E-state index in [-0.39, 0.29) is 5.91 Å². The summed E-state index contributed by atoms with van der Waals surface area (Å²) in [5.41, 5.74) is 1.03. The molecule has 1 aliphatic carbocycles. The molecule has 0 unspecified atom stereocenters. The van der Waals surface area contributed by atoms with Gasteiger partial charge in [-0.05, 0) is 43.5 Å². The topological polar surface area (TPSA) is 76.1 Å². The number of ether oxygens (including phenoxy) is 1. The van der Waals surface area contributed by atoms with E-state index in [9.17, 15) is 4.79 Å². The van der Waals surface area contributed by atoms with Crippen molar-refractivity contribution in [2.24, 2.45) is 0 Å². The Morgan fingerprint density at radius 2 is 1.85 bits per heavy atom. The van der Waals surface area contributed by atoms with Crippen molar-refractivity contribution in [1.29, 1.82) is 0 Å². The highest BCUT2D eigenvalue weighted by Gasteiger charge is 2.13. The van der Waals surface area contributed by atoms with Gasteiger partial charge in [0.1, 0.15) is 5.82 Å². The number of carbonyl (C=O) groups is 1. The first-order chi connectivity index (χ1) is 12.8. The van der Waals surface area contributed by atoms with Gasteiger partial charge < -0.3 is 15.4 Å². The Morgan fingerprint density at radius 3 is 2.58 bits per heavy atom. The van der Waals surface area contributed by atoms with Crippen LogP contribution in [0.5, 0.6) is 0 Å². The van der Waals surface area contributed by atoms with Gasteiger partial charge in [0.15, 0.2) is 5.69 Å². The summed E-state index contributed by atoms with van der Waals surface area (Å²) in [6.07, 6.45) is 7.71. The minimum Gasteiger partial charge on any atom is -0.378 e. The third-order valence-corrected chi connectivity index (χ3v) is 4.46. The fourth-order valence-electron chi connectivity index (χ4n) is 3.03. The standard InChI is InChI=1S/C20H26N4O2/c25-20(22-16-8-3-1-4-9-16)18-12-13-19(24-23-18)21-14-7-15-26-17-10-5-2-6-11-17/h1,3-4,8-9,12-13,17H,2,5-7,10-11,14-15H2,(H,21,24)(H,22,25). The Labute approximate surface area is 154 Å². The predicted molar refractivity (Wildman–Crippen MR) is 102 cm³/mol. The van der Waals surface area contributed by atoms with Crippen molar-refractivity contribution in [3.8, 4) is 0 Å². The zero-order chi connectivity index (χ0) is 18.0. The van der Waals surface area contributed by atoms with E-state index in [0.29, 0.717) is 17.6 Å². The number of para-hydroxylation sites is 1. The van der Waals surface area contributed by atoms with Crippen LogP contribution in [-0.2, 0) is 4.74 Å². The second-order valence-corrected chi connectivity index (χ2v) is 6.54. The van der Waals surface area contributed by atoms with E-state index in [1.165, 1.54) is 32.1 Å². The summed E-state index contributed by atoms with van der Waals surface area (Å²) in [5.74, 6) is 0.398. The molecular weight excluding hydrogens is 328 g/mol. The molecule has 0 spiro atoms. The van der Waals surface area contributed by atoms with E-state index in [4.69, 9.17) is 4.74 Å². The molecule has 138 valence electrons. The molecule has 1 aromatic carbocycles. The molecule has 0 aliphatic heterocycles. The van der Waals surface area contributed by atoms with Gasteiger partial charge in [-0.15, -0.1) is 10.2 Å². The maximum Gasteiger partial charge on any atom is 0.276 e. The fourth-order valence-corrected chi connectivity index (χ4v) is 3.03. The zero-order valence-electron chi connectivity index (χ0n) is 15.0. The SMILES string of the molecule is O=C(Nc1ccccc1)c1ccc(NCCCOC2CCCCC2)nn1. The first-order valence-corrected chi connectivity index (χ1v) is 9.37. The van der Waals surface area contributed by atoms with Crippen LogP contribution in [0, 0.1) is 0 Å². The van der Waals surface area contributed by atoms with Crippen molar-refractivity contribution in [3.05, 3.63) is 48.2 Å². The van der Waals surface area contributed by atoms with Crippen LogP contribution < -0.4 is 10.6 Å². The molecule has 2 aromatic rings. The van der Waals surface area contributed by atoms with Crippen molar-refractivity contribution < 1.29 is 9.53 Å². The number of benzene rings is 1. The second-order valence-electron chi connectivity index (χ2n) is 6.54. The van der Waals surface area contributed by atoms with E-state index in [1.54, 1.807) is 12.1 Å². The Kier molecular flexibility index (Phi) is 6.96. The van der Waals surface area contributed by atoms with Crippen LogP contribution in [0.4, 0.5) is 11.5 Å². The fraction of sp³-hybridized carbons (Fsp3) is 0.450. The van der Waals surface area contributed by atoms with Crippen LogP contribution in [0.15, 0.2) is 42.5 Å². The highest BCUT2D eigenvalue weighted by Crippen LogP contribution is 2.20. The lowest BCUT2D eigenvalue weighted by atomic mass is 9.98. The summed E-state index contributed by atoms with van der Waals surface area (Å²) in [5, 5.41) is 14.1. The van der Waals surface area contributed by atoms with Crippen LogP contribution in [0.25, 0.3) is 0 Å². The van der Waals surface area contributed by atoms with Gasteiger partial charge in [0.25, 0.3) is 5.91 Å². The van der Waals surface area contributed by atoms with E-state index in [0.717, 1.165) is 25.3 Å². The summed E-state index contributed by atoms with van der Waals surface area (Å²) in [6, 6.07) is 12.7. The van der Waals surface area contributed by atoms with Gasteiger partial charge in [-0.2, -0.15) is 0 Å². The number of aromatic nitrogens is 2. The molecule has 6 heteroatoms. The quantitative estimate of drug-likeness (QED) is 0.704. The molecule has 1 heterocycles. The highest BCUT2D eigenvalue weighted by molar-refractivity contribution is 6.02. The van der Waals surface area contributed by atoms with Gasteiger partial charge in [-0.25, -0.2) is 0 Å². The Hall–Kier alpha value is -2.47. The number of carbonyl (C=O) groups excluding carboxylic acids is 1. The molecule has 1 aromatic heterocycles. The van der Waals surface area contributed by atoms with Crippen LogP contribution in [0.2, 0.25) is 0 Å². The van der Waals surface area contributed by atoms with Gasteiger partial charge in [-0.1, -0.05) is 37.5 Å². The van der Waals surface area contributed by atoms with E-state index in [1.807, 2.05) is 30.3 Å². The number of hydrogen-bond donors (Lipinski definition) is 2. The first-order valence-electron chi connectivity index (χ1n) is 9.37. The summed E-state index contributed by atoms with van der Waals surface area (Å²) in [6.45, 7) is 1.54. The van der Waals surface area contributed by atoms with Gasteiger partial charge in [0.05, 0.1) is 6.10 Å². The number of anilines is 2. The van der Waals surface area contributed by atoms with E-state index >= 15 is 0 Å². The van der Waals surface area contributed by atoms with Gasteiger partial charge in [0, 0.05) is 18.8 Å². The highest BCUT2D eigenvalue weighted by atomic mass is 16.5. The number of nitrogens with zero attached hydrogens (tertiary/aromatic N) is 2. The maximum atomic E-state index is 12.1. The smallest absolute Gasteiger partial charge is 0.276 e. The number of nitrogens with one attached hydrogen (secondary N) is 2. The molecule has 1 aliphatic rings. The summed E-state index contributed by atoms with van der Waals surface area (Å²) < 4.78 is 5.90. The van der Waals surface area contributed by atoms with Gasteiger partial charge >= 0.3 is 0 Å². The van der Waals surface area contributed by atoms with Crippen LogP contribution in [-0.4, -0.2) is 35.4 Å². The molecule has 2 N–H and O–H groups in total. The summed E-state index contributed by atoms with van der Waals surface area (Å²) in [7, 11) is 0. The second kappa shape index (κ2) is 9.87. The molecule has 0 radical (unpaired) electrons. The normalized spacial score (nSPS) is 14.8. The predicted octanol–water partition coefficient (Wildman–Crippen LogP) is 3.88. The van der Waals surface area contributed by atoms with Crippen molar-refractivity contribution in [2.45, 2.75) is 44.6 Å². The number of amides is 1. The third-order valence-electron chi connectivity index (χ3n) is 4.46. The lowest BCUT2D eigenvalue weighted by Crippen LogP contribution is -2.18. The first kappa shape index (κ1) is 18.3. The van der Waals surface area contributed by atoms with E-state index in [2.05, 4.69) is 20.8 Å². The average molecular weight is 354 g/mol. The van der Waals surface area contributed by atoms with Crippen molar-refractivity contribution >= 4 is 17.4 Å². The molecule has 0 bridgehead atoms. The largest absolute Gasteiger partial charge is 0.378 e. The van der Waals surface area contributed by atoms with Crippen LogP contribution >= 0.6 is 0 Å². The summed E-state index contributed by atoms with van der Waals surface area (Å²) in [4.78, 5) is 12.1. The molecule has 1 saturated carbocycles. The average Bonchev–Trinajstić information content (AvgIpc) is 2.70. The Bertz CT molecular complexity index is 670. The molecule has 0 saturated heterocycles. The minimum absolute atomic E-state index is 0.267. The van der Waals surface area contributed by atoms with Crippen LogP contribution in [0.3, 0.4) is 0 Å². The molecule has 26 heavy (non-hydrogen) atoms. The Morgan fingerprint density at radius 1 is 1.04 bits per heavy atom. The minimum atomic E-state index is -0.267. The zero-order valence-corrected chi connectivity index (χ0v) is 15.0. The molecule has 3 rings (SSSR count). The number of rotatable bonds is 8. The summed E-state index contributed by atoms with van der Waals surface area (Å²) >= 11 is 0. The van der Waals surface area contributed by atoms with E-state index < -0.39 is 0 Å². The van der Waals surface area contributed by atoms with Crippen LogP contribution in [0.1, 0.15) is 49.0 Å². The molecule has 6 nitrogen and oxygen atoms in total. The lowest BCUT2D eigenvalue weighted by molar-refractivity contribution is 0.0284. The van der Waals surface area contributed by atoms with Crippen molar-refractivity contribution in [2.75, 3.05) is 23.8 Å². The monoisotopic (exact) mass is 354 g/mol. The third kappa shape index (κ3) is 5.81. The maximum absolute atomic E-state index is 12.1. The van der Waals surface area contributed by atoms with Gasteiger partial charge in [-0.3, -0.25) is 4.79 Å². The lowest BCUT2D eigenvalue weighted by Gasteiger charge is -2.21. The van der Waals surface area contributed by atoms with Gasteiger partial charge in [0.2, 0.25) is 0 Å². The number of hydrogen-bond acceptors (Lipinski definition) is 5. The van der Waals surface area contributed by atoms with Crippen molar-refractivity contribution in [1.82, 2.24) is 10.2 Å². The van der Waals surface area contributed by atoms with Crippen molar-refractivity contribution in [3.63, 3.8) is 0 Å². The molecule has 1 amide bonds.